The highest BCUT2D eigenvalue weighted by atomic mass is 16.5. The minimum absolute atomic E-state index is 0.145. The third kappa shape index (κ3) is 3.19. The molecule has 0 spiro atoms. The van der Waals surface area contributed by atoms with Gasteiger partial charge in [-0.1, -0.05) is 0 Å². The fraction of sp³-hybridized carbons (Fsp3) is 0.833. The van der Waals surface area contributed by atoms with Crippen molar-refractivity contribution in [3.05, 3.63) is 0 Å². The predicted molar refractivity (Wildman–Crippen MR) is 62.0 cm³/mol. The molecule has 0 saturated carbocycles. The van der Waals surface area contributed by atoms with Crippen LogP contribution in [0.1, 0.15) is 25.7 Å². The lowest BCUT2D eigenvalue weighted by atomic mass is 9.96. The van der Waals surface area contributed by atoms with Gasteiger partial charge in [0.25, 0.3) is 0 Å². The van der Waals surface area contributed by atoms with E-state index in [0.29, 0.717) is 25.4 Å². The number of carbonyl (C=O) groups is 2. The molecule has 5 nitrogen and oxygen atoms in total. The Kier molecular flexibility index (Phi) is 3.99. The molecule has 0 unspecified atom stereocenters. The van der Waals surface area contributed by atoms with E-state index < -0.39 is 0 Å². The second-order valence-corrected chi connectivity index (χ2v) is 4.99. The number of nitrogens with zero attached hydrogens (tertiary/aromatic N) is 1. The van der Waals surface area contributed by atoms with Crippen LogP contribution < -0.4 is 5.73 Å². The molecule has 0 aromatic carbocycles. The van der Waals surface area contributed by atoms with Crippen LogP contribution in [0.4, 0.5) is 0 Å². The number of primary amides is 1. The van der Waals surface area contributed by atoms with Crippen molar-refractivity contribution < 1.29 is 14.3 Å². The van der Waals surface area contributed by atoms with Gasteiger partial charge in [0, 0.05) is 32.7 Å². The summed E-state index contributed by atoms with van der Waals surface area (Å²) in [5.41, 5.74) is 5.25. The minimum Gasteiger partial charge on any atom is -0.381 e. The average molecular weight is 240 g/mol. The summed E-state index contributed by atoms with van der Waals surface area (Å²) in [6, 6.07) is 0. The zero-order chi connectivity index (χ0) is 12.3. The van der Waals surface area contributed by atoms with E-state index >= 15 is 0 Å². The van der Waals surface area contributed by atoms with E-state index in [1.165, 1.54) is 0 Å². The first-order chi connectivity index (χ1) is 8.16. The number of nitrogens with two attached hydrogens (primary N) is 1. The number of amides is 2. The van der Waals surface area contributed by atoms with Gasteiger partial charge in [0.05, 0.1) is 5.92 Å². The second kappa shape index (κ2) is 5.49. The Morgan fingerprint density at radius 2 is 1.94 bits per heavy atom. The third-order valence-electron chi connectivity index (χ3n) is 3.75. The molecule has 17 heavy (non-hydrogen) atoms. The van der Waals surface area contributed by atoms with Gasteiger partial charge < -0.3 is 15.4 Å². The van der Waals surface area contributed by atoms with Gasteiger partial charge >= 0.3 is 0 Å². The highest BCUT2D eigenvalue weighted by Crippen LogP contribution is 2.22. The summed E-state index contributed by atoms with van der Waals surface area (Å²) in [7, 11) is 0. The SMILES string of the molecule is NC(=O)[C@@H]1CCN(C(=O)CC2CCOCC2)C1. The molecule has 0 aliphatic carbocycles. The molecule has 2 saturated heterocycles. The molecule has 96 valence electrons. The number of likely N-dealkylation sites (tertiary alicyclic amines) is 1. The zero-order valence-corrected chi connectivity index (χ0v) is 10.1. The molecule has 2 amide bonds. The fourth-order valence-electron chi connectivity index (χ4n) is 2.55. The Morgan fingerprint density at radius 3 is 2.53 bits per heavy atom. The molecule has 0 aromatic rings. The monoisotopic (exact) mass is 240 g/mol. The summed E-state index contributed by atoms with van der Waals surface area (Å²) in [5, 5.41) is 0. The van der Waals surface area contributed by atoms with Crippen molar-refractivity contribution in [1.29, 1.82) is 0 Å². The van der Waals surface area contributed by atoms with Gasteiger partial charge in [0.2, 0.25) is 11.8 Å². The highest BCUT2D eigenvalue weighted by Gasteiger charge is 2.30. The molecular formula is C12H20N2O3. The maximum absolute atomic E-state index is 12.0. The van der Waals surface area contributed by atoms with Crippen molar-refractivity contribution in [2.45, 2.75) is 25.7 Å². The van der Waals surface area contributed by atoms with E-state index in [1.54, 1.807) is 4.90 Å². The van der Waals surface area contributed by atoms with E-state index in [4.69, 9.17) is 10.5 Å². The molecule has 2 aliphatic heterocycles. The molecule has 0 bridgehead atoms. The number of hydrogen-bond acceptors (Lipinski definition) is 3. The highest BCUT2D eigenvalue weighted by molar-refractivity contribution is 5.81. The quantitative estimate of drug-likeness (QED) is 0.762. The van der Waals surface area contributed by atoms with Crippen molar-refractivity contribution in [3.8, 4) is 0 Å². The van der Waals surface area contributed by atoms with Crippen molar-refractivity contribution >= 4 is 11.8 Å². The largest absolute Gasteiger partial charge is 0.381 e. The Balaban J connectivity index is 1.78. The Hall–Kier alpha value is -1.10. The van der Waals surface area contributed by atoms with Crippen LogP contribution in [0.25, 0.3) is 0 Å². The molecule has 2 rings (SSSR count). The van der Waals surface area contributed by atoms with Gasteiger partial charge in [0.1, 0.15) is 0 Å². The summed E-state index contributed by atoms with van der Waals surface area (Å²) in [5.74, 6) is 0.185. The predicted octanol–water partition coefficient (Wildman–Crippen LogP) is 0.137. The van der Waals surface area contributed by atoms with Crippen LogP contribution in [-0.2, 0) is 14.3 Å². The van der Waals surface area contributed by atoms with Crippen LogP contribution in [0, 0.1) is 11.8 Å². The minimum atomic E-state index is -0.286. The van der Waals surface area contributed by atoms with E-state index in [-0.39, 0.29) is 17.7 Å². The van der Waals surface area contributed by atoms with E-state index in [0.717, 1.165) is 32.5 Å². The Bertz CT molecular complexity index is 300. The fourth-order valence-corrected chi connectivity index (χ4v) is 2.55. The molecule has 1 atom stereocenters. The topological polar surface area (TPSA) is 72.6 Å². The first kappa shape index (κ1) is 12.4. The normalized spacial score (nSPS) is 26.1. The van der Waals surface area contributed by atoms with Crippen LogP contribution >= 0.6 is 0 Å². The number of hydrogen-bond donors (Lipinski definition) is 1. The molecule has 0 aromatic heterocycles. The maximum Gasteiger partial charge on any atom is 0.222 e. The molecule has 2 aliphatic rings. The van der Waals surface area contributed by atoms with E-state index in [2.05, 4.69) is 0 Å². The summed E-state index contributed by atoms with van der Waals surface area (Å²) in [4.78, 5) is 24.8. The lowest BCUT2D eigenvalue weighted by Crippen LogP contribution is -2.33. The third-order valence-corrected chi connectivity index (χ3v) is 3.75. The van der Waals surface area contributed by atoms with Gasteiger partial charge in [-0.3, -0.25) is 9.59 Å². The lowest BCUT2D eigenvalue weighted by molar-refractivity contribution is -0.132. The van der Waals surface area contributed by atoms with Crippen LogP contribution in [0.2, 0.25) is 0 Å². The van der Waals surface area contributed by atoms with E-state index in [1.807, 2.05) is 0 Å². The van der Waals surface area contributed by atoms with Crippen LogP contribution in [0.5, 0.6) is 0 Å². The molecule has 2 fully saturated rings. The smallest absolute Gasteiger partial charge is 0.222 e. The van der Waals surface area contributed by atoms with Crippen molar-refractivity contribution in [2.24, 2.45) is 17.6 Å². The standard InChI is InChI=1S/C12H20N2O3/c13-12(16)10-1-4-14(8-10)11(15)7-9-2-5-17-6-3-9/h9-10H,1-8H2,(H2,13,16)/t10-/m1/s1. The van der Waals surface area contributed by atoms with Crippen LogP contribution in [-0.4, -0.2) is 43.0 Å². The van der Waals surface area contributed by atoms with Gasteiger partial charge in [0.15, 0.2) is 0 Å². The molecule has 2 N–H and O–H groups in total. The molecular weight excluding hydrogens is 220 g/mol. The van der Waals surface area contributed by atoms with Gasteiger partial charge in [-0.25, -0.2) is 0 Å². The molecule has 0 radical (unpaired) electrons. The summed E-state index contributed by atoms with van der Waals surface area (Å²) in [6.45, 7) is 2.72. The summed E-state index contributed by atoms with van der Waals surface area (Å²) in [6.07, 6.45) is 3.25. The summed E-state index contributed by atoms with van der Waals surface area (Å²) >= 11 is 0. The van der Waals surface area contributed by atoms with Crippen molar-refractivity contribution in [1.82, 2.24) is 4.90 Å². The van der Waals surface area contributed by atoms with Crippen molar-refractivity contribution in [2.75, 3.05) is 26.3 Å². The summed E-state index contributed by atoms with van der Waals surface area (Å²) < 4.78 is 5.27. The number of ether oxygens (including phenoxy) is 1. The van der Waals surface area contributed by atoms with Crippen LogP contribution in [0.3, 0.4) is 0 Å². The number of carbonyl (C=O) groups excluding carboxylic acids is 2. The van der Waals surface area contributed by atoms with E-state index in [9.17, 15) is 9.59 Å². The Morgan fingerprint density at radius 1 is 1.24 bits per heavy atom. The van der Waals surface area contributed by atoms with Gasteiger partial charge in [-0.05, 0) is 25.2 Å². The van der Waals surface area contributed by atoms with Crippen molar-refractivity contribution in [3.63, 3.8) is 0 Å². The van der Waals surface area contributed by atoms with Gasteiger partial charge in [-0.15, -0.1) is 0 Å². The second-order valence-electron chi connectivity index (χ2n) is 4.99. The van der Waals surface area contributed by atoms with Crippen LogP contribution in [0.15, 0.2) is 0 Å². The maximum atomic E-state index is 12.0. The molecule has 2 heterocycles. The number of rotatable bonds is 3. The first-order valence-electron chi connectivity index (χ1n) is 6.31. The molecule has 5 heteroatoms. The first-order valence-corrected chi connectivity index (χ1v) is 6.31. The van der Waals surface area contributed by atoms with Gasteiger partial charge in [-0.2, -0.15) is 0 Å². The zero-order valence-electron chi connectivity index (χ0n) is 10.1. The lowest BCUT2D eigenvalue weighted by Gasteiger charge is -2.24. The Labute approximate surface area is 101 Å². The average Bonchev–Trinajstić information content (AvgIpc) is 2.79.